The largest absolute Gasteiger partial charge is 0.481 e. The number of halogens is 2. The minimum Gasteiger partial charge on any atom is -0.481 e. The molecule has 2 aromatic carbocycles. The minimum absolute atomic E-state index is 0.00155. The molecule has 0 saturated carbocycles. The molecule has 0 aromatic heterocycles. The van der Waals surface area contributed by atoms with Crippen LogP contribution in [0.3, 0.4) is 0 Å². The third-order valence-electron chi connectivity index (χ3n) is 6.74. The van der Waals surface area contributed by atoms with Crippen molar-refractivity contribution in [3.05, 3.63) is 59.7 Å². The number of carboxylic acid groups (broad SMARTS) is 1. The van der Waals surface area contributed by atoms with Gasteiger partial charge < -0.3 is 20.1 Å². The number of alkyl halides is 2. The number of carbonyl (C=O) groups excluding carboxylic acids is 2. The van der Waals surface area contributed by atoms with Crippen LogP contribution in [0, 0.1) is 11.8 Å². The predicted molar refractivity (Wildman–Crippen MR) is 124 cm³/mol. The number of nitrogens with zero attached hydrogens (tertiary/aromatic N) is 1. The molecule has 0 bridgehead atoms. The van der Waals surface area contributed by atoms with Crippen LogP contribution in [-0.2, 0) is 14.3 Å². The van der Waals surface area contributed by atoms with E-state index in [-0.39, 0.29) is 38.0 Å². The summed E-state index contributed by atoms with van der Waals surface area (Å²) in [5.41, 5.74) is 4.47. The van der Waals surface area contributed by atoms with Crippen LogP contribution in [-0.4, -0.2) is 60.1 Å². The van der Waals surface area contributed by atoms with Gasteiger partial charge in [-0.3, -0.25) is 9.59 Å². The molecule has 0 radical (unpaired) electrons. The van der Waals surface area contributed by atoms with Gasteiger partial charge in [0.1, 0.15) is 12.5 Å². The number of carboxylic acids is 1. The van der Waals surface area contributed by atoms with Crippen molar-refractivity contribution >= 4 is 18.0 Å². The second-order valence-corrected chi connectivity index (χ2v) is 9.26. The predicted octanol–water partition coefficient (Wildman–Crippen LogP) is 4.12. The number of aliphatic carboxylic acids is 1. The van der Waals surface area contributed by atoms with E-state index < -0.39 is 42.8 Å². The highest BCUT2D eigenvalue weighted by atomic mass is 19.3. The van der Waals surface area contributed by atoms with Gasteiger partial charge in [-0.2, -0.15) is 0 Å². The molecule has 2 amide bonds. The Kier molecular flexibility index (Phi) is 7.05. The van der Waals surface area contributed by atoms with Gasteiger partial charge in [0.25, 0.3) is 5.92 Å². The first kappa shape index (κ1) is 24.6. The first-order valence-corrected chi connectivity index (χ1v) is 11.6. The van der Waals surface area contributed by atoms with Crippen molar-refractivity contribution in [2.75, 3.05) is 26.2 Å². The zero-order valence-corrected chi connectivity index (χ0v) is 19.4. The first-order chi connectivity index (χ1) is 16.7. The quantitative estimate of drug-likeness (QED) is 0.614. The normalized spacial score (nSPS) is 19.4. The average molecular weight is 487 g/mol. The fourth-order valence-corrected chi connectivity index (χ4v) is 4.80. The SMILES string of the molecule is CC(CNC(=O)OCC1c2ccccc2-c2ccccc21)CC(=O)N1CCC(F)(F)C(C(=O)O)C1. The summed E-state index contributed by atoms with van der Waals surface area (Å²) in [6, 6.07) is 16.0. The molecule has 9 heteroatoms. The molecular formula is C26H28F2N2O5. The molecule has 1 fully saturated rings. The number of amides is 2. The van der Waals surface area contributed by atoms with Gasteiger partial charge in [0.15, 0.2) is 0 Å². The average Bonchev–Trinajstić information content (AvgIpc) is 3.14. The number of ether oxygens (including phenoxy) is 1. The zero-order chi connectivity index (χ0) is 25.2. The Morgan fingerprint density at radius 1 is 1.11 bits per heavy atom. The van der Waals surface area contributed by atoms with Gasteiger partial charge in [0, 0.05) is 38.4 Å². The van der Waals surface area contributed by atoms with Crippen LogP contribution in [0.2, 0.25) is 0 Å². The maximum atomic E-state index is 13.8. The molecular weight excluding hydrogens is 458 g/mol. The summed E-state index contributed by atoms with van der Waals surface area (Å²) in [5, 5.41) is 11.7. The smallest absolute Gasteiger partial charge is 0.407 e. The molecule has 7 nitrogen and oxygen atoms in total. The van der Waals surface area contributed by atoms with Gasteiger partial charge in [-0.05, 0) is 28.2 Å². The summed E-state index contributed by atoms with van der Waals surface area (Å²) >= 11 is 0. The Morgan fingerprint density at radius 3 is 2.31 bits per heavy atom. The van der Waals surface area contributed by atoms with Crippen molar-refractivity contribution in [3.63, 3.8) is 0 Å². The third kappa shape index (κ3) is 5.28. The molecule has 2 atom stereocenters. The van der Waals surface area contributed by atoms with Crippen molar-refractivity contribution in [1.82, 2.24) is 10.2 Å². The Balaban J connectivity index is 1.25. The van der Waals surface area contributed by atoms with Crippen molar-refractivity contribution in [2.24, 2.45) is 11.8 Å². The lowest BCUT2D eigenvalue weighted by Gasteiger charge is -2.36. The molecule has 1 aliphatic carbocycles. The van der Waals surface area contributed by atoms with E-state index in [2.05, 4.69) is 17.4 Å². The van der Waals surface area contributed by atoms with Crippen LogP contribution in [0.4, 0.5) is 13.6 Å². The van der Waals surface area contributed by atoms with Crippen LogP contribution in [0.15, 0.2) is 48.5 Å². The Bertz CT molecular complexity index is 1080. The fraction of sp³-hybridized carbons (Fsp3) is 0.423. The highest BCUT2D eigenvalue weighted by molar-refractivity contribution is 5.80. The monoisotopic (exact) mass is 486 g/mol. The highest BCUT2D eigenvalue weighted by Gasteiger charge is 2.49. The summed E-state index contributed by atoms with van der Waals surface area (Å²) in [4.78, 5) is 37.2. The lowest BCUT2D eigenvalue weighted by atomic mass is 9.93. The lowest BCUT2D eigenvalue weighted by molar-refractivity contribution is -0.169. The second kappa shape index (κ2) is 10.0. The van der Waals surface area contributed by atoms with Crippen LogP contribution < -0.4 is 5.32 Å². The van der Waals surface area contributed by atoms with E-state index in [4.69, 9.17) is 9.84 Å². The molecule has 1 heterocycles. The number of carbonyl (C=O) groups is 3. The van der Waals surface area contributed by atoms with Gasteiger partial charge in [-0.15, -0.1) is 0 Å². The summed E-state index contributed by atoms with van der Waals surface area (Å²) in [5.74, 6) is -7.61. The molecule has 2 N–H and O–H groups in total. The number of likely N-dealkylation sites (tertiary alicyclic amines) is 1. The van der Waals surface area contributed by atoms with Gasteiger partial charge in [0.2, 0.25) is 5.91 Å². The van der Waals surface area contributed by atoms with E-state index in [0.717, 1.165) is 22.3 Å². The number of hydrogen-bond donors (Lipinski definition) is 2. The standard InChI is InChI=1S/C26H28F2N2O5/c1-16(12-23(31)30-11-10-26(27,28)22(14-30)24(32)33)13-29-25(34)35-15-21-19-8-4-2-6-17(19)18-7-3-5-9-20(18)21/h2-9,16,21-22H,10-15H2,1H3,(H,29,34)(H,32,33). The fourth-order valence-electron chi connectivity index (χ4n) is 4.80. The molecule has 1 saturated heterocycles. The second-order valence-electron chi connectivity index (χ2n) is 9.26. The van der Waals surface area contributed by atoms with Gasteiger partial charge >= 0.3 is 12.1 Å². The molecule has 4 rings (SSSR count). The van der Waals surface area contributed by atoms with Crippen molar-refractivity contribution in [2.45, 2.75) is 31.6 Å². The van der Waals surface area contributed by atoms with Crippen LogP contribution in [0.5, 0.6) is 0 Å². The van der Waals surface area contributed by atoms with E-state index in [9.17, 15) is 23.2 Å². The maximum absolute atomic E-state index is 13.8. The maximum Gasteiger partial charge on any atom is 0.407 e. The summed E-state index contributed by atoms with van der Waals surface area (Å²) in [7, 11) is 0. The Labute approximate surface area is 202 Å². The third-order valence-corrected chi connectivity index (χ3v) is 6.74. The van der Waals surface area contributed by atoms with Crippen molar-refractivity contribution < 1.29 is 33.0 Å². The van der Waals surface area contributed by atoms with Gasteiger partial charge in [0.05, 0.1) is 0 Å². The Hall–Kier alpha value is -3.49. The van der Waals surface area contributed by atoms with E-state index >= 15 is 0 Å². The van der Waals surface area contributed by atoms with Crippen LogP contribution in [0.1, 0.15) is 36.8 Å². The summed E-state index contributed by atoms with van der Waals surface area (Å²) < 4.78 is 33.1. The zero-order valence-electron chi connectivity index (χ0n) is 19.4. The number of piperidine rings is 1. The molecule has 1 aliphatic heterocycles. The van der Waals surface area contributed by atoms with E-state index in [0.29, 0.717) is 0 Å². The number of benzene rings is 2. The molecule has 0 spiro atoms. The minimum atomic E-state index is -3.33. The molecule has 35 heavy (non-hydrogen) atoms. The summed E-state index contributed by atoms with van der Waals surface area (Å²) in [6.45, 7) is 1.37. The Morgan fingerprint density at radius 2 is 1.71 bits per heavy atom. The molecule has 2 aromatic rings. The van der Waals surface area contributed by atoms with E-state index in [1.165, 1.54) is 4.90 Å². The van der Waals surface area contributed by atoms with E-state index in [1.54, 1.807) is 6.92 Å². The summed E-state index contributed by atoms with van der Waals surface area (Å²) in [6.07, 6.45) is -1.28. The first-order valence-electron chi connectivity index (χ1n) is 11.6. The highest BCUT2D eigenvalue weighted by Crippen LogP contribution is 2.44. The molecule has 2 unspecified atom stereocenters. The number of fused-ring (bicyclic) bond motifs is 3. The van der Waals surface area contributed by atoms with Crippen molar-refractivity contribution in [1.29, 1.82) is 0 Å². The van der Waals surface area contributed by atoms with Gasteiger partial charge in [-0.1, -0.05) is 55.5 Å². The molecule has 2 aliphatic rings. The van der Waals surface area contributed by atoms with Crippen molar-refractivity contribution in [3.8, 4) is 11.1 Å². The number of alkyl carbamates (subject to hydrolysis) is 1. The number of nitrogens with one attached hydrogen (secondary N) is 1. The van der Waals surface area contributed by atoms with Crippen LogP contribution >= 0.6 is 0 Å². The van der Waals surface area contributed by atoms with E-state index in [1.807, 2.05) is 36.4 Å². The van der Waals surface area contributed by atoms with Gasteiger partial charge in [-0.25, -0.2) is 13.6 Å². The lowest BCUT2D eigenvalue weighted by Crippen LogP contribution is -2.52. The molecule has 186 valence electrons. The topological polar surface area (TPSA) is 95.9 Å². The number of hydrogen-bond acceptors (Lipinski definition) is 4. The van der Waals surface area contributed by atoms with Crippen LogP contribution in [0.25, 0.3) is 11.1 Å². The number of rotatable bonds is 7.